The van der Waals surface area contributed by atoms with Crippen molar-refractivity contribution in [2.75, 3.05) is 6.61 Å². The van der Waals surface area contributed by atoms with E-state index in [1.165, 1.54) is 11.8 Å². The molecule has 0 aliphatic heterocycles. The van der Waals surface area contributed by atoms with Crippen LogP contribution in [0.2, 0.25) is 0 Å². The Labute approximate surface area is 124 Å². The molecule has 2 rings (SSSR count). The Morgan fingerprint density at radius 3 is 2.70 bits per heavy atom. The number of ether oxygens (including phenoxy) is 1. The average molecular weight is 292 g/mol. The number of hydrogen-bond donors (Lipinski definition) is 0. The summed E-state index contributed by atoms with van der Waals surface area (Å²) >= 11 is 1.52. The molecule has 1 saturated carbocycles. The molecule has 1 aliphatic rings. The van der Waals surface area contributed by atoms with E-state index in [1.54, 1.807) is 6.92 Å². The Kier molecular flexibility index (Phi) is 5.24. The minimum absolute atomic E-state index is 0.180. The SMILES string of the molecule is CCOC(=O)CC1(Sc2ccccc2)CCCCC1=O. The Bertz CT molecular complexity index is 472. The van der Waals surface area contributed by atoms with Gasteiger partial charge in [0.2, 0.25) is 0 Å². The van der Waals surface area contributed by atoms with Crippen molar-refractivity contribution >= 4 is 23.5 Å². The van der Waals surface area contributed by atoms with Crippen molar-refractivity contribution in [1.29, 1.82) is 0 Å². The lowest BCUT2D eigenvalue weighted by Gasteiger charge is -2.34. The van der Waals surface area contributed by atoms with Crippen LogP contribution in [0.25, 0.3) is 0 Å². The topological polar surface area (TPSA) is 43.4 Å². The molecule has 1 aromatic rings. The van der Waals surface area contributed by atoms with Gasteiger partial charge in [-0.25, -0.2) is 0 Å². The van der Waals surface area contributed by atoms with Gasteiger partial charge in [0.25, 0.3) is 0 Å². The highest BCUT2D eigenvalue weighted by atomic mass is 32.2. The number of thioether (sulfide) groups is 1. The van der Waals surface area contributed by atoms with Gasteiger partial charge < -0.3 is 4.74 Å². The molecule has 0 saturated heterocycles. The molecular weight excluding hydrogens is 272 g/mol. The molecule has 0 amide bonds. The van der Waals surface area contributed by atoms with Crippen molar-refractivity contribution in [2.45, 2.75) is 48.7 Å². The zero-order valence-electron chi connectivity index (χ0n) is 11.8. The summed E-state index contributed by atoms with van der Waals surface area (Å²) in [5.41, 5.74) is 0. The van der Waals surface area contributed by atoms with Crippen molar-refractivity contribution in [3.63, 3.8) is 0 Å². The Morgan fingerprint density at radius 1 is 1.30 bits per heavy atom. The third kappa shape index (κ3) is 3.63. The van der Waals surface area contributed by atoms with Crippen LogP contribution in [-0.2, 0) is 14.3 Å². The fourth-order valence-corrected chi connectivity index (χ4v) is 3.95. The first-order chi connectivity index (χ1) is 9.66. The number of Topliss-reactive ketones (excluding diaryl/α,β-unsaturated/α-hetero) is 1. The lowest BCUT2D eigenvalue weighted by Crippen LogP contribution is -2.40. The first-order valence-corrected chi connectivity index (χ1v) is 7.91. The fourth-order valence-electron chi connectivity index (χ4n) is 2.55. The Morgan fingerprint density at radius 2 is 2.05 bits per heavy atom. The summed E-state index contributed by atoms with van der Waals surface area (Å²) in [6.45, 7) is 2.15. The van der Waals surface area contributed by atoms with Gasteiger partial charge in [0, 0.05) is 11.3 Å². The molecule has 108 valence electrons. The molecule has 0 bridgehead atoms. The third-order valence-corrected chi connectivity index (χ3v) is 5.01. The van der Waals surface area contributed by atoms with Gasteiger partial charge >= 0.3 is 5.97 Å². The van der Waals surface area contributed by atoms with Crippen LogP contribution < -0.4 is 0 Å². The van der Waals surface area contributed by atoms with E-state index < -0.39 is 4.75 Å². The molecule has 1 fully saturated rings. The summed E-state index contributed by atoms with van der Waals surface area (Å²) in [6, 6.07) is 9.82. The van der Waals surface area contributed by atoms with E-state index in [0.717, 1.165) is 24.2 Å². The van der Waals surface area contributed by atoms with Crippen LogP contribution in [-0.4, -0.2) is 23.1 Å². The first kappa shape index (κ1) is 15.1. The largest absolute Gasteiger partial charge is 0.466 e. The van der Waals surface area contributed by atoms with Crippen LogP contribution in [0.1, 0.15) is 39.0 Å². The molecule has 0 heterocycles. The smallest absolute Gasteiger partial charge is 0.307 e. The van der Waals surface area contributed by atoms with Crippen molar-refractivity contribution in [3.05, 3.63) is 30.3 Å². The van der Waals surface area contributed by atoms with Gasteiger partial charge in [-0.05, 0) is 31.9 Å². The minimum atomic E-state index is -0.633. The maximum atomic E-state index is 12.4. The van der Waals surface area contributed by atoms with Crippen molar-refractivity contribution in [2.24, 2.45) is 0 Å². The number of ketones is 1. The normalized spacial score (nSPS) is 22.6. The molecule has 20 heavy (non-hydrogen) atoms. The molecule has 0 aromatic heterocycles. The van der Waals surface area contributed by atoms with Crippen LogP contribution in [0, 0.1) is 0 Å². The maximum absolute atomic E-state index is 12.4. The number of esters is 1. The number of hydrogen-bond acceptors (Lipinski definition) is 4. The Balaban J connectivity index is 2.19. The number of rotatable bonds is 5. The van der Waals surface area contributed by atoms with Crippen molar-refractivity contribution in [3.8, 4) is 0 Å². The number of carbonyl (C=O) groups excluding carboxylic acids is 2. The highest BCUT2D eigenvalue weighted by Crippen LogP contribution is 2.44. The van der Waals surface area contributed by atoms with Gasteiger partial charge in [0.1, 0.15) is 5.78 Å². The lowest BCUT2D eigenvalue weighted by molar-refractivity contribution is -0.145. The van der Waals surface area contributed by atoms with E-state index in [-0.39, 0.29) is 18.2 Å². The summed E-state index contributed by atoms with van der Waals surface area (Å²) in [6.07, 6.45) is 3.42. The van der Waals surface area contributed by atoms with Gasteiger partial charge in [-0.3, -0.25) is 9.59 Å². The van der Waals surface area contributed by atoms with Crippen LogP contribution in [0.15, 0.2) is 35.2 Å². The second kappa shape index (κ2) is 6.93. The predicted molar refractivity (Wildman–Crippen MR) is 79.8 cm³/mol. The van der Waals surface area contributed by atoms with Crippen molar-refractivity contribution in [1.82, 2.24) is 0 Å². The summed E-state index contributed by atoms with van der Waals surface area (Å²) in [4.78, 5) is 25.3. The quantitative estimate of drug-likeness (QED) is 0.778. The zero-order valence-corrected chi connectivity index (χ0v) is 12.6. The van der Waals surface area contributed by atoms with E-state index >= 15 is 0 Å². The van der Waals surface area contributed by atoms with Gasteiger partial charge in [0.05, 0.1) is 17.8 Å². The van der Waals surface area contributed by atoms with E-state index in [4.69, 9.17) is 4.74 Å². The maximum Gasteiger partial charge on any atom is 0.307 e. The Hall–Kier alpha value is -1.29. The van der Waals surface area contributed by atoms with Crippen LogP contribution in [0.4, 0.5) is 0 Å². The highest BCUT2D eigenvalue weighted by molar-refractivity contribution is 8.01. The average Bonchev–Trinajstić information content (AvgIpc) is 2.43. The molecule has 0 spiro atoms. The van der Waals surface area contributed by atoms with Crippen LogP contribution in [0.3, 0.4) is 0 Å². The van der Waals surface area contributed by atoms with E-state index in [0.29, 0.717) is 13.0 Å². The van der Waals surface area contributed by atoms with Gasteiger partial charge in [-0.1, -0.05) is 24.6 Å². The van der Waals surface area contributed by atoms with E-state index in [9.17, 15) is 9.59 Å². The first-order valence-electron chi connectivity index (χ1n) is 7.09. The fraction of sp³-hybridized carbons (Fsp3) is 0.500. The molecule has 4 heteroatoms. The molecule has 1 aromatic carbocycles. The van der Waals surface area contributed by atoms with Crippen LogP contribution in [0.5, 0.6) is 0 Å². The second-order valence-corrected chi connectivity index (χ2v) is 6.48. The second-order valence-electron chi connectivity index (χ2n) is 5.02. The van der Waals surface area contributed by atoms with Gasteiger partial charge in [-0.15, -0.1) is 11.8 Å². The summed E-state index contributed by atoms with van der Waals surface area (Å²) < 4.78 is 4.42. The molecular formula is C16H20O3S. The van der Waals surface area contributed by atoms with E-state index in [2.05, 4.69) is 0 Å². The zero-order chi connectivity index (χ0) is 14.4. The van der Waals surface area contributed by atoms with Gasteiger partial charge in [-0.2, -0.15) is 0 Å². The summed E-state index contributed by atoms with van der Waals surface area (Å²) in [5.74, 6) is -0.0863. The summed E-state index contributed by atoms with van der Waals surface area (Å²) in [7, 11) is 0. The molecule has 0 N–H and O–H groups in total. The predicted octanol–water partition coefficient (Wildman–Crippen LogP) is 3.61. The number of benzene rings is 1. The minimum Gasteiger partial charge on any atom is -0.466 e. The molecule has 1 aliphatic carbocycles. The molecule has 3 nitrogen and oxygen atoms in total. The number of carbonyl (C=O) groups is 2. The lowest BCUT2D eigenvalue weighted by atomic mass is 9.84. The molecule has 0 radical (unpaired) electrons. The van der Waals surface area contributed by atoms with E-state index in [1.807, 2.05) is 30.3 Å². The van der Waals surface area contributed by atoms with Crippen molar-refractivity contribution < 1.29 is 14.3 Å². The standard InChI is InChI=1S/C16H20O3S/c1-2-19-15(18)12-16(11-7-6-10-14(16)17)20-13-8-4-3-5-9-13/h3-5,8-9H,2,6-7,10-12H2,1H3. The third-order valence-electron chi connectivity index (χ3n) is 3.53. The van der Waals surface area contributed by atoms with Crippen LogP contribution >= 0.6 is 11.8 Å². The monoisotopic (exact) mass is 292 g/mol. The summed E-state index contributed by atoms with van der Waals surface area (Å²) in [5, 5.41) is 0. The highest BCUT2D eigenvalue weighted by Gasteiger charge is 2.43. The molecule has 1 unspecified atom stereocenters. The van der Waals surface area contributed by atoms with Gasteiger partial charge in [0.15, 0.2) is 0 Å². The molecule has 1 atom stereocenters.